The van der Waals surface area contributed by atoms with E-state index < -0.39 is 0 Å². The molecule has 2 unspecified atom stereocenters. The number of likely N-dealkylation sites (tertiary alicyclic amines) is 1. The first-order valence-electron chi connectivity index (χ1n) is 9.02. The van der Waals surface area contributed by atoms with Crippen molar-refractivity contribution < 1.29 is 5.11 Å². The molecule has 3 N–H and O–H groups in total. The molecule has 1 aromatic carbocycles. The van der Waals surface area contributed by atoms with Crippen molar-refractivity contribution in [3.63, 3.8) is 0 Å². The predicted octanol–water partition coefficient (Wildman–Crippen LogP) is 2.13. The topological polar surface area (TPSA) is 64.2 Å². The van der Waals surface area contributed by atoms with Crippen LogP contribution in [0.2, 0.25) is 0 Å². The molecule has 0 radical (unpaired) electrons. The van der Waals surface area contributed by atoms with Gasteiger partial charge >= 0.3 is 0 Å². The Balaban J connectivity index is 1.42. The maximum Gasteiger partial charge on any atom is 0.0699 e. The number of hydrogen-bond acceptors (Lipinski definition) is 4. The SMILES string of the molecule is CC(C)C1N(C)CC12C[C@@H](O)[C@H](NCc1ccc3cn[nH]c3c1)C2. The zero-order chi connectivity index (χ0) is 16.9. The number of benzene rings is 1. The number of H-pyrrole nitrogens is 1. The Bertz CT molecular complexity index is 722. The van der Waals surface area contributed by atoms with Gasteiger partial charge < -0.3 is 15.3 Å². The molecule has 5 heteroatoms. The molecule has 1 saturated carbocycles. The molecule has 24 heavy (non-hydrogen) atoms. The number of aliphatic hydroxyl groups excluding tert-OH is 1. The standard InChI is InChI=1S/C19H28N4O/c1-12(2)18-19(11-23(18)3)7-16(17(24)8-19)20-9-13-4-5-14-10-21-22-15(14)6-13/h4-6,10,12,16-18,20,24H,7-9,11H2,1-3H3,(H,21,22)/t16-,17-,18?,19?/m1/s1. The van der Waals surface area contributed by atoms with Gasteiger partial charge in [0, 0.05) is 36.0 Å². The molecule has 2 aliphatic rings. The Hall–Kier alpha value is -1.43. The first kappa shape index (κ1) is 16.1. The number of aromatic nitrogens is 2. The van der Waals surface area contributed by atoms with Crippen molar-refractivity contribution >= 4 is 10.9 Å². The summed E-state index contributed by atoms with van der Waals surface area (Å²) in [6.45, 7) is 6.50. The normalized spacial score (nSPS) is 33.6. The van der Waals surface area contributed by atoms with E-state index in [-0.39, 0.29) is 12.1 Å². The summed E-state index contributed by atoms with van der Waals surface area (Å²) in [4.78, 5) is 2.45. The highest BCUT2D eigenvalue weighted by Crippen LogP contribution is 2.52. The van der Waals surface area contributed by atoms with E-state index in [1.807, 2.05) is 6.20 Å². The lowest BCUT2D eigenvalue weighted by molar-refractivity contribution is -0.0828. The minimum atomic E-state index is -0.240. The lowest BCUT2D eigenvalue weighted by Gasteiger charge is -2.57. The van der Waals surface area contributed by atoms with Gasteiger partial charge in [-0.3, -0.25) is 5.10 Å². The lowest BCUT2D eigenvalue weighted by atomic mass is 9.66. The minimum absolute atomic E-state index is 0.192. The third-order valence-corrected chi connectivity index (χ3v) is 6.08. The summed E-state index contributed by atoms with van der Waals surface area (Å²) in [5.74, 6) is 0.637. The van der Waals surface area contributed by atoms with E-state index in [1.54, 1.807) is 0 Å². The van der Waals surface area contributed by atoms with Gasteiger partial charge in [-0.2, -0.15) is 5.10 Å². The molecule has 4 atom stereocenters. The number of aromatic amines is 1. The average Bonchev–Trinajstić information content (AvgIpc) is 3.09. The summed E-state index contributed by atoms with van der Waals surface area (Å²) in [7, 11) is 2.21. The molecule has 5 nitrogen and oxygen atoms in total. The van der Waals surface area contributed by atoms with Crippen LogP contribution < -0.4 is 5.32 Å². The third-order valence-electron chi connectivity index (χ3n) is 6.08. The summed E-state index contributed by atoms with van der Waals surface area (Å²) in [5, 5.41) is 22.4. The van der Waals surface area contributed by atoms with Crippen LogP contribution in [0.4, 0.5) is 0 Å². The van der Waals surface area contributed by atoms with Gasteiger partial charge in [-0.1, -0.05) is 26.0 Å². The van der Waals surface area contributed by atoms with Crippen LogP contribution >= 0.6 is 0 Å². The van der Waals surface area contributed by atoms with Crippen LogP contribution in [0.3, 0.4) is 0 Å². The second kappa shape index (κ2) is 5.83. The second-order valence-corrected chi connectivity index (χ2v) is 8.22. The Morgan fingerprint density at radius 2 is 2.25 bits per heavy atom. The van der Waals surface area contributed by atoms with E-state index in [0.717, 1.165) is 36.8 Å². The number of nitrogens with one attached hydrogen (secondary N) is 2. The van der Waals surface area contributed by atoms with Crippen LogP contribution in [-0.4, -0.2) is 52.0 Å². The molecule has 2 aromatic rings. The molecule has 1 aliphatic carbocycles. The van der Waals surface area contributed by atoms with E-state index >= 15 is 0 Å². The summed E-state index contributed by atoms with van der Waals surface area (Å²) in [5.41, 5.74) is 2.59. The fourth-order valence-electron chi connectivity index (χ4n) is 5.40. The highest BCUT2D eigenvalue weighted by molar-refractivity contribution is 5.78. The first-order valence-corrected chi connectivity index (χ1v) is 9.02. The van der Waals surface area contributed by atoms with Crippen LogP contribution in [0.25, 0.3) is 10.9 Å². The smallest absolute Gasteiger partial charge is 0.0699 e. The Morgan fingerprint density at radius 1 is 1.42 bits per heavy atom. The number of rotatable bonds is 4. The van der Waals surface area contributed by atoms with Gasteiger partial charge in [0.25, 0.3) is 0 Å². The summed E-state index contributed by atoms with van der Waals surface area (Å²) in [6.07, 6.45) is 3.61. The van der Waals surface area contributed by atoms with Crippen molar-refractivity contribution in [1.82, 2.24) is 20.4 Å². The lowest BCUT2D eigenvalue weighted by Crippen LogP contribution is -2.64. The molecule has 0 amide bonds. The number of aliphatic hydroxyl groups is 1. The molecule has 1 aliphatic heterocycles. The van der Waals surface area contributed by atoms with Crippen molar-refractivity contribution in [3.05, 3.63) is 30.0 Å². The van der Waals surface area contributed by atoms with E-state index in [1.165, 1.54) is 5.56 Å². The van der Waals surface area contributed by atoms with E-state index in [9.17, 15) is 5.11 Å². The zero-order valence-corrected chi connectivity index (χ0v) is 14.8. The van der Waals surface area contributed by atoms with Crippen LogP contribution in [0.1, 0.15) is 32.3 Å². The van der Waals surface area contributed by atoms with E-state index in [0.29, 0.717) is 17.4 Å². The Labute approximate surface area is 143 Å². The minimum Gasteiger partial charge on any atom is -0.391 e. The molecule has 130 valence electrons. The van der Waals surface area contributed by atoms with E-state index in [4.69, 9.17) is 0 Å². The molecule has 4 rings (SSSR count). The van der Waals surface area contributed by atoms with Crippen LogP contribution in [0.15, 0.2) is 24.4 Å². The number of nitrogens with zero attached hydrogens (tertiary/aromatic N) is 2. The summed E-state index contributed by atoms with van der Waals surface area (Å²) < 4.78 is 0. The van der Waals surface area contributed by atoms with Gasteiger partial charge in [0.05, 0.1) is 17.8 Å². The average molecular weight is 328 g/mol. The number of fused-ring (bicyclic) bond motifs is 1. The maximum absolute atomic E-state index is 10.6. The van der Waals surface area contributed by atoms with Crippen molar-refractivity contribution in [2.24, 2.45) is 11.3 Å². The highest BCUT2D eigenvalue weighted by atomic mass is 16.3. The van der Waals surface area contributed by atoms with Gasteiger partial charge in [0.1, 0.15) is 0 Å². The molecule has 2 fully saturated rings. The highest BCUT2D eigenvalue weighted by Gasteiger charge is 2.57. The van der Waals surface area contributed by atoms with Gasteiger partial charge in [0.2, 0.25) is 0 Å². The molecular formula is C19H28N4O. The van der Waals surface area contributed by atoms with E-state index in [2.05, 4.69) is 59.5 Å². The fraction of sp³-hybridized carbons (Fsp3) is 0.632. The molecule has 1 spiro atoms. The molecule has 0 bridgehead atoms. The zero-order valence-electron chi connectivity index (χ0n) is 14.8. The van der Waals surface area contributed by atoms with Crippen molar-refractivity contribution in [2.45, 2.75) is 51.4 Å². The Morgan fingerprint density at radius 3 is 3.00 bits per heavy atom. The van der Waals surface area contributed by atoms with Crippen LogP contribution in [0.5, 0.6) is 0 Å². The Kier molecular flexibility index (Phi) is 3.90. The van der Waals surface area contributed by atoms with Crippen LogP contribution in [0, 0.1) is 11.3 Å². The summed E-state index contributed by atoms with van der Waals surface area (Å²) >= 11 is 0. The third kappa shape index (κ3) is 2.55. The largest absolute Gasteiger partial charge is 0.391 e. The summed E-state index contributed by atoms with van der Waals surface area (Å²) in [6, 6.07) is 7.16. The maximum atomic E-state index is 10.6. The molecule has 2 heterocycles. The van der Waals surface area contributed by atoms with Crippen molar-refractivity contribution in [2.75, 3.05) is 13.6 Å². The molecule has 1 aromatic heterocycles. The molecular weight excluding hydrogens is 300 g/mol. The van der Waals surface area contributed by atoms with Gasteiger partial charge in [-0.25, -0.2) is 0 Å². The van der Waals surface area contributed by atoms with Crippen LogP contribution in [-0.2, 0) is 6.54 Å². The fourth-order valence-corrected chi connectivity index (χ4v) is 5.40. The van der Waals surface area contributed by atoms with Gasteiger partial charge in [-0.15, -0.1) is 0 Å². The number of hydrogen-bond donors (Lipinski definition) is 3. The predicted molar refractivity (Wildman–Crippen MR) is 95.7 cm³/mol. The molecule has 1 saturated heterocycles. The van der Waals surface area contributed by atoms with Crippen molar-refractivity contribution in [1.29, 1.82) is 0 Å². The quantitative estimate of drug-likeness (QED) is 0.804. The second-order valence-electron chi connectivity index (χ2n) is 8.22. The van der Waals surface area contributed by atoms with Crippen molar-refractivity contribution in [3.8, 4) is 0 Å². The van der Waals surface area contributed by atoms with Gasteiger partial charge in [0.15, 0.2) is 0 Å². The first-order chi connectivity index (χ1) is 11.5. The van der Waals surface area contributed by atoms with Gasteiger partial charge in [-0.05, 0) is 37.4 Å². The monoisotopic (exact) mass is 328 g/mol.